The fourth-order valence-electron chi connectivity index (χ4n) is 3.08. The molecule has 0 radical (unpaired) electrons. The molecule has 20 heavy (non-hydrogen) atoms. The predicted octanol–water partition coefficient (Wildman–Crippen LogP) is 3.33. The molecule has 2 N–H and O–H groups in total. The van der Waals surface area contributed by atoms with E-state index >= 15 is 0 Å². The number of aryl methyl sites for hydroxylation is 3. The third kappa shape index (κ3) is 4.07. The number of benzene rings is 1. The molecule has 1 fully saturated rings. The lowest BCUT2D eigenvalue weighted by Gasteiger charge is -2.22. The van der Waals surface area contributed by atoms with Crippen LogP contribution in [0.15, 0.2) is 12.1 Å². The predicted molar refractivity (Wildman–Crippen MR) is 84.1 cm³/mol. The normalized spacial score (nSPS) is 18.9. The van der Waals surface area contributed by atoms with Crippen molar-refractivity contribution in [3.05, 3.63) is 28.8 Å². The molecule has 1 amide bonds. The third-order valence-electron chi connectivity index (χ3n) is 4.12. The van der Waals surface area contributed by atoms with Gasteiger partial charge >= 0.3 is 0 Å². The highest BCUT2D eigenvalue weighted by Crippen LogP contribution is 2.23. The summed E-state index contributed by atoms with van der Waals surface area (Å²) in [6, 6.07) is 4.24. The summed E-state index contributed by atoms with van der Waals surface area (Å²) in [5, 5.41) is 6.49. The molecule has 1 heterocycles. The number of hydrogen-bond acceptors (Lipinski definition) is 2. The molecule has 0 saturated carbocycles. The SMILES string of the molecule is Cc1cc(C)c(NC(=O)CCC2CCCNC2)c(C)c1. The highest BCUT2D eigenvalue weighted by molar-refractivity contribution is 5.92. The van der Waals surface area contributed by atoms with Crippen LogP contribution in [-0.2, 0) is 4.79 Å². The van der Waals surface area contributed by atoms with E-state index in [4.69, 9.17) is 0 Å². The van der Waals surface area contributed by atoms with Crippen molar-refractivity contribution in [3.63, 3.8) is 0 Å². The van der Waals surface area contributed by atoms with E-state index in [0.29, 0.717) is 12.3 Å². The molecule has 1 aromatic rings. The standard InChI is InChI=1S/C17H26N2O/c1-12-9-13(2)17(14(3)10-12)19-16(20)7-6-15-5-4-8-18-11-15/h9-10,15,18H,4-8,11H2,1-3H3,(H,19,20). The number of anilines is 1. The molecule has 0 bridgehead atoms. The Kier molecular flexibility index (Phi) is 5.18. The second-order valence-corrected chi connectivity index (χ2v) is 6.07. The molecule has 1 unspecified atom stereocenters. The Morgan fingerprint density at radius 2 is 2.00 bits per heavy atom. The van der Waals surface area contributed by atoms with Crippen LogP contribution in [-0.4, -0.2) is 19.0 Å². The van der Waals surface area contributed by atoms with Crippen molar-refractivity contribution in [2.24, 2.45) is 5.92 Å². The van der Waals surface area contributed by atoms with E-state index in [0.717, 1.165) is 36.3 Å². The Morgan fingerprint density at radius 3 is 2.60 bits per heavy atom. The van der Waals surface area contributed by atoms with Crippen molar-refractivity contribution in [2.45, 2.75) is 46.5 Å². The van der Waals surface area contributed by atoms with Crippen LogP contribution in [0, 0.1) is 26.7 Å². The van der Waals surface area contributed by atoms with Gasteiger partial charge in [-0.2, -0.15) is 0 Å². The van der Waals surface area contributed by atoms with Crippen molar-refractivity contribution >= 4 is 11.6 Å². The molecule has 1 atom stereocenters. The Labute approximate surface area is 122 Å². The fourth-order valence-corrected chi connectivity index (χ4v) is 3.08. The van der Waals surface area contributed by atoms with Crippen LogP contribution >= 0.6 is 0 Å². The first-order chi connectivity index (χ1) is 9.56. The van der Waals surface area contributed by atoms with Gasteiger partial charge in [0.1, 0.15) is 0 Å². The minimum Gasteiger partial charge on any atom is -0.326 e. The van der Waals surface area contributed by atoms with Gasteiger partial charge in [0.2, 0.25) is 5.91 Å². The number of nitrogens with one attached hydrogen (secondary N) is 2. The van der Waals surface area contributed by atoms with Crippen molar-refractivity contribution in [3.8, 4) is 0 Å². The van der Waals surface area contributed by atoms with E-state index in [2.05, 4.69) is 43.5 Å². The molecule has 110 valence electrons. The molecular weight excluding hydrogens is 248 g/mol. The number of piperidine rings is 1. The largest absolute Gasteiger partial charge is 0.326 e. The first-order valence-electron chi connectivity index (χ1n) is 7.64. The van der Waals surface area contributed by atoms with Crippen molar-refractivity contribution < 1.29 is 4.79 Å². The van der Waals surface area contributed by atoms with Gasteiger partial charge in [0.15, 0.2) is 0 Å². The van der Waals surface area contributed by atoms with Crippen molar-refractivity contribution in [1.82, 2.24) is 5.32 Å². The van der Waals surface area contributed by atoms with Gasteiger partial charge in [-0.15, -0.1) is 0 Å². The van der Waals surface area contributed by atoms with E-state index in [-0.39, 0.29) is 5.91 Å². The zero-order chi connectivity index (χ0) is 14.5. The highest BCUT2D eigenvalue weighted by Gasteiger charge is 2.15. The van der Waals surface area contributed by atoms with Gasteiger partial charge in [0, 0.05) is 12.1 Å². The summed E-state index contributed by atoms with van der Waals surface area (Å²) in [5.41, 5.74) is 4.53. The van der Waals surface area contributed by atoms with E-state index in [1.807, 2.05) is 0 Å². The highest BCUT2D eigenvalue weighted by atomic mass is 16.1. The molecule has 3 nitrogen and oxygen atoms in total. The monoisotopic (exact) mass is 274 g/mol. The molecule has 1 aliphatic rings. The number of hydrogen-bond donors (Lipinski definition) is 2. The molecule has 0 aromatic heterocycles. The summed E-state index contributed by atoms with van der Waals surface area (Å²) >= 11 is 0. The summed E-state index contributed by atoms with van der Waals surface area (Å²) in [6.07, 6.45) is 4.10. The minimum absolute atomic E-state index is 0.144. The lowest BCUT2D eigenvalue weighted by Crippen LogP contribution is -2.30. The van der Waals surface area contributed by atoms with Gasteiger partial charge in [0.25, 0.3) is 0 Å². The first kappa shape index (κ1) is 15.0. The Bertz CT molecular complexity index is 453. The number of rotatable bonds is 4. The molecule has 2 rings (SSSR count). The maximum atomic E-state index is 12.1. The molecule has 1 aromatic carbocycles. The second-order valence-electron chi connectivity index (χ2n) is 6.07. The Balaban J connectivity index is 1.88. The van der Waals surface area contributed by atoms with Gasteiger partial charge in [-0.25, -0.2) is 0 Å². The van der Waals surface area contributed by atoms with Crippen molar-refractivity contribution in [1.29, 1.82) is 0 Å². The summed E-state index contributed by atoms with van der Waals surface area (Å²) in [7, 11) is 0. The summed E-state index contributed by atoms with van der Waals surface area (Å²) in [4.78, 5) is 12.1. The average Bonchev–Trinajstić information content (AvgIpc) is 2.42. The van der Waals surface area contributed by atoms with Gasteiger partial charge in [-0.05, 0) is 70.2 Å². The minimum atomic E-state index is 0.144. The second kappa shape index (κ2) is 6.89. The van der Waals surface area contributed by atoms with Gasteiger partial charge < -0.3 is 10.6 Å². The lowest BCUT2D eigenvalue weighted by molar-refractivity contribution is -0.116. The van der Waals surface area contributed by atoms with Gasteiger partial charge in [0.05, 0.1) is 0 Å². The van der Waals surface area contributed by atoms with E-state index in [9.17, 15) is 4.79 Å². The van der Waals surface area contributed by atoms with E-state index < -0.39 is 0 Å². The van der Waals surface area contributed by atoms with Crippen LogP contribution in [0.1, 0.15) is 42.4 Å². The van der Waals surface area contributed by atoms with Crippen LogP contribution in [0.3, 0.4) is 0 Å². The van der Waals surface area contributed by atoms with Gasteiger partial charge in [-0.1, -0.05) is 17.7 Å². The van der Waals surface area contributed by atoms with Gasteiger partial charge in [-0.3, -0.25) is 4.79 Å². The summed E-state index contributed by atoms with van der Waals surface area (Å²) in [6.45, 7) is 8.39. The van der Waals surface area contributed by atoms with Crippen LogP contribution in [0.2, 0.25) is 0 Å². The average molecular weight is 274 g/mol. The zero-order valence-corrected chi connectivity index (χ0v) is 12.9. The maximum Gasteiger partial charge on any atom is 0.224 e. The molecule has 0 aliphatic carbocycles. The van der Waals surface area contributed by atoms with Crippen LogP contribution < -0.4 is 10.6 Å². The Hall–Kier alpha value is -1.35. The Morgan fingerprint density at radius 1 is 1.30 bits per heavy atom. The number of amides is 1. The topological polar surface area (TPSA) is 41.1 Å². The smallest absolute Gasteiger partial charge is 0.224 e. The molecule has 1 saturated heterocycles. The fraction of sp³-hybridized carbons (Fsp3) is 0.588. The van der Waals surface area contributed by atoms with Crippen LogP contribution in [0.4, 0.5) is 5.69 Å². The number of carbonyl (C=O) groups is 1. The van der Waals surface area contributed by atoms with Crippen molar-refractivity contribution in [2.75, 3.05) is 18.4 Å². The lowest BCUT2D eigenvalue weighted by atomic mass is 9.94. The maximum absolute atomic E-state index is 12.1. The zero-order valence-electron chi connectivity index (χ0n) is 12.9. The van der Waals surface area contributed by atoms with E-state index in [1.165, 1.54) is 18.4 Å². The van der Waals surface area contributed by atoms with Crippen LogP contribution in [0.25, 0.3) is 0 Å². The summed E-state index contributed by atoms with van der Waals surface area (Å²) in [5.74, 6) is 0.806. The third-order valence-corrected chi connectivity index (χ3v) is 4.12. The summed E-state index contributed by atoms with van der Waals surface area (Å²) < 4.78 is 0. The molecule has 1 aliphatic heterocycles. The van der Waals surface area contributed by atoms with E-state index in [1.54, 1.807) is 0 Å². The molecular formula is C17H26N2O. The number of carbonyl (C=O) groups excluding carboxylic acids is 1. The molecule has 0 spiro atoms. The molecule has 3 heteroatoms. The first-order valence-corrected chi connectivity index (χ1v) is 7.64. The van der Waals surface area contributed by atoms with Crippen LogP contribution in [0.5, 0.6) is 0 Å². The quantitative estimate of drug-likeness (QED) is 0.884.